The molecule has 0 saturated heterocycles. The maximum atomic E-state index is 11.4. The van der Waals surface area contributed by atoms with Crippen molar-refractivity contribution in [3.05, 3.63) is 18.2 Å². The van der Waals surface area contributed by atoms with Gasteiger partial charge in [0.05, 0.1) is 6.33 Å². The van der Waals surface area contributed by atoms with Crippen LogP contribution in [0.25, 0.3) is 0 Å². The first-order chi connectivity index (χ1) is 8.13. The highest BCUT2D eigenvalue weighted by Gasteiger charge is 2.08. The van der Waals surface area contributed by atoms with E-state index in [2.05, 4.69) is 10.3 Å². The van der Waals surface area contributed by atoms with Crippen molar-refractivity contribution in [2.45, 2.75) is 13.0 Å². The first-order valence-corrected chi connectivity index (χ1v) is 5.14. The van der Waals surface area contributed by atoms with E-state index in [0.717, 1.165) is 6.42 Å². The fourth-order valence-corrected chi connectivity index (χ4v) is 1.22. The Labute approximate surface area is 98.4 Å². The van der Waals surface area contributed by atoms with E-state index < -0.39 is 5.97 Å². The Morgan fingerprint density at radius 2 is 2.35 bits per heavy atom. The molecule has 0 radical (unpaired) electrons. The summed E-state index contributed by atoms with van der Waals surface area (Å²) in [5, 5.41) is 11.3. The van der Waals surface area contributed by atoms with Gasteiger partial charge in [-0.3, -0.25) is 4.79 Å². The minimum atomic E-state index is -1.11. The van der Waals surface area contributed by atoms with Crippen molar-refractivity contribution in [1.29, 1.82) is 0 Å². The van der Waals surface area contributed by atoms with E-state index in [-0.39, 0.29) is 18.1 Å². The molecule has 1 aromatic heterocycles. The first kappa shape index (κ1) is 13.2. The fourth-order valence-electron chi connectivity index (χ4n) is 1.22. The van der Waals surface area contributed by atoms with Crippen LogP contribution in [0.1, 0.15) is 16.9 Å². The van der Waals surface area contributed by atoms with Crippen molar-refractivity contribution < 1.29 is 19.4 Å². The lowest BCUT2D eigenvalue weighted by molar-refractivity contribution is -0.121. The summed E-state index contributed by atoms with van der Waals surface area (Å²) in [6.07, 6.45) is 3.38. The van der Waals surface area contributed by atoms with Crippen LogP contribution in [0.3, 0.4) is 0 Å². The number of rotatable bonds is 7. The van der Waals surface area contributed by atoms with Crippen LogP contribution in [0.5, 0.6) is 0 Å². The molecule has 2 N–H and O–H groups in total. The largest absolute Gasteiger partial charge is 0.476 e. The van der Waals surface area contributed by atoms with Gasteiger partial charge in [-0.15, -0.1) is 0 Å². The third-order valence-corrected chi connectivity index (χ3v) is 2.03. The number of amides is 1. The maximum absolute atomic E-state index is 11.4. The van der Waals surface area contributed by atoms with Crippen molar-refractivity contribution in [2.75, 3.05) is 20.3 Å². The Hall–Kier alpha value is -1.89. The normalized spacial score (nSPS) is 10.2. The molecule has 94 valence electrons. The third kappa shape index (κ3) is 4.64. The van der Waals surface area contributed by atoms with Gasteiger partial charge in [0.2, 0.25) is 5.91 Å². The van der Waals surface area contributed by atoms with Gasteiger partial charge in [-0.2, -0.15) is 0 Å². The third-order valence-electron chi connectivity index (χ3n) is 2.03. The van der Waals surface area contributed by atoms with Gasteiger partial charge in [0, 0.05) is 26.5 Å². The molecule has 1 amide bonds. The monoisotopic (exact) mass is 241 g/mol. The van der Waals surface area contributed by atoms with E-state index >= 15 is 0 Å². The van der Waals surface area contributed by atoms with E-state index in [0.29, 0.717) is 13.2 Å². The van der Waals surface area contributed by atoms with Crippen LogP contribution in [0.2, 0.25) is 0 Å². The van der Waals surface area contributed by atoms with Crippen LogP contribution in [0, 0.1) is 0 Å². The van der Waals surface area contributed by atoms with Crippen molar-refractivity contribution in [2.24, 2.45) is 0 Å². The molecule has 0 saturated carbocycles. The first-order valence-electron chi connectivity index (χ1n) is 5.14. The summed E-state index contributed by atoms with van der Waals surface area (Å²) in [4.78, 5) is 25.6. The van der Waals surface area contributed by atoms with Gasteiger partial charge in [-0.05, 0) is 6.42 Å². The highest BCUT2D eigenvalue weighted by atomic mass is 16.5. The maximum Gasteiger partial charge on any atom is 0.356 e. The van der Waals surface area contributed by atoms with Gasteiger partial charge in [0.1, 0.15) is 6.54 Å². The number of aromatic nitrogens is 2. The molecule has 0 fully saturated rings. The molecular formula is C10H15N3O4. The number of carbonyl (C=O) groups is 2. The van der Waals surface area contributed by atoms with Crippen LogP contribution in [-0.2, 0) is 16.1 Å². The molecule has 0 aliphatic heterocycles. The minimum absolute atomic E-state index is 0.0628. The smallest absolute Gasteiger partial charge is 0.356 e. The van der Waals surface area contributed by atoms with Crippen molar-refractivity contribution >= 4 is 11.9 Å². The summed E-state index contributed by atoms with van der Waals surface area (Å²) >= 11 is 0. The van der Waals surface area contributed by atoms with Crippen molar-refractivity contribution in [3.63, 3.8) is 0 Å². The number of carboxylic acids is 1. The van der Waals surface area contributed by atoms with Crippen LogP contribution < -0.4 is 5.32 Å². The molecule has 1 aromatic rings. The molecule has 17 heavy (non-hydrogen) atoms. The topological polar surface area (TPSA) is 93.5 Å². The Bertz CT molecular complexity index is 389. The number of carboxylic acid groups (broad SMARTS) is 1. The molecule has 7 heteroatoms. The van der Waals surface area contributed by atoms with Crippen LogP contribution in [0.4, 0.5) is 0 Å². The number of methoxy groups -OCH3 is 1. The lowest BCUT2D eigenvalue weighted by Crippen LogP contribution is -2.28. The average Bonchev–Trinajstić information content (AvgIpc) is 2.73. The van der Waals surface area contributed by atoms with Crippen molar-refractivity contribution in [3.8, 4) is 0 Å². The predicted octanol–water partition coefficient (Wildman–Crippen LogP) is -0.266. The Morgan fingerprint density at radius 1 is 1.59 bits per heavy atom. The van der Waals surface area contributed by atoms with Gasteiger partial charge >= 0.3 is 5.97 Å². The van der Waals surface area contributed by atoms with Gasteiger partial charge in [-0.25, -0.2) is 9.78 Å². The van der Waals surface area contributed by atoms with E-state index in [1.807, 2.05) is 0 Å². The standard InChI is InChI=1S/C10H15N3O4/c1-17-4-2-3-11-9(14)6-13-5-8(10(15)16)12-7-13/h5,7H,2-4,6H2,1H3,(H,11,14)(H,15,16). The summed E-state index contributed by atoms with van der Waals surface area (Å²) in [6.45, 7) is 1.19. The molecule has 0 unspecified atom stereocenters. The highest BCUT2D eigenvalue weighted by molar-refractivity contribution is 5.85. The SMILES string of the molecule is COCCCNC(=O)Cn1cnc(C(=O)O)c1. The molecule has 0 atom stereocenters. The molecule has 0 bridgehead atoms. The molecule has 1 rings (SSSR count). The van der Waals surface area contributed by atoms with Crippen LogP contribution in [0.15, 0.2) is 12.5 Å². The second kappa shape index (κ2) is 6.64. The van der Waals surface area contributed by atoms with Gasteiger partial charge in [0.25, 0.3) is 0 Å². The number of aromatic carboxylic acids is 1. The van der Waals surface area contributed by atoms with Gasteiger partial charge in [0.15, 0.2) is 5.69 Å². The Balaban J connectivity index is 2.32. The van der Waals surface area contributed by atoms with E-state index in [9.17, 15) is 9.59 Å². The fraction of sp³-hybridized carbons (Fsp3) is 0.500. The lowest BCUT2D eigenvalue weighted by atomic mass is 10.4. The van der Waals surface area contributed by atoms with Crippen LogP contribution >= 0.6 is 0 Å². The molecule has 0 aromatic carbocycles. The number of imidazole rings is 1. The highest BCUT2D eigenvalue weighted by Crippen LogP contribution is 1.95. The lowest BCUT2D eigenvalue weighted by Gasteiger charge is -2.04. The second-order valence-electron chi connectivity index (χ2n) is 3.43. The number of nitrogens with one attached hydrogen (secondary N) is 1. The summed E-state index contributed by atoms with van der Waals surface area (Å²) in [5.74, 6) is -1.29. The van der Waals surface area contributed by atoms with E-state index in [1.165, 1.54) is 17.1 Å². The van der Waals surface area contributed by atoms with Gasteiger partial charge < -0.3 is 19.7 Å². The zero-order valence-corrected chi connectivity index (χ0v) is 9.55. The van der Waals surface area contributed by atoms with Crippen molar-refractivity contribution in [1.82, 2.24) is 14.9 Å². The molecule has 7 nitrogen and oxygen atoms in total. The number of hydrogen-bond donors (Lipinski definition) is 2. The molecule has 0 aliphatic rings. The predicted molar refractivity (Wildman–Crippen MR) is 58.7 cm³/mol. The molecule has 0 aliphatic carbocycles. The Kier molecular flexibility index (Phi) is 5.15. The quantitative estimate of drug-likeness (QED) is 0.641. The van der Waals surface area contributed by atoms with Crippen LogP contribution in [-0.4, -0.2) is 46.8 Å². The number of hydrogen-bond acceptors (Lipinski definition) is 4. The van der Waals surface area contributed by atoms with E-state index in [4.69, 9.17) is 9.84 Å². The number of carbonyl (C=O) groups excluding carboxylic acids is 1. The average molecular weight is 241 g/mol. The molecular weight excluding hydrogens is 226 g/mol. The summed E-state index contributed by atoms with van der Waals surface area (Å²) < 4.78 is 6.27. The minimum Gasteiger partial charge on any atom is -0.476 e. The summed E-state index contributed by atoms with van der Waals surface area (Å²) in [5.41, 5.74) is -0.0721. The zero-order chi connectivity index (χ0) is 12.7. The second-order valence-corrected chi connectivity index (χ2v) is 3.43. The van der Waals surface area contributed by atoms with Gasteiger partial charge in [-0.1, -0.05) is 0 Å². The number of ether oxygens (including phenoxy) is 1. The summed E-state index contributed by atoms with van der Waals surface area (Å²) in [6, 6.07) is 0. The van der Waals surface area contributed by atoms with E-state index in [1.54, 1.807) is 7.11 Å². The number of nitrogens with zero attached hydrogens (tertiary/aromatic N) is 2. The molecule has 1 heterocycles. The Morgan fingerprint density at radius 3 is 2.94 bits per heavy atom. The zero-order valence-electron chi connectivity index (χ0n) is 9.55. The molecule has 0 spiro atoms. The summed E-state index contributed by atoms with van der Waals surface area (Å²) in [7, 11) is 1.60.